The van der Waals surface area contributed by atoms with Crippen LogP contribution in [0.15, 0.2) is 24.3 Å². The van der Waals surface area contributed by atoms with Gasteiger partial charge in [0.25, 0.3) is 5.91 Å². The minimum Gasteiger partial charge on any atom is -0.480 e. The molecule has 2 rings (SSSR count). The first-order valence-electron chi connectivity index (χ1n) is 6.36. The van der Waals surface area contributed by atoms with Crippen LogP contribution in [-0.2, 0) is 16.0 Å². The summed E-state index contributed by atoms with van der Waals surface area (Å²) >= 11 is 0. The molecule has 1 aromatic carbocycles. The first-order chi connectivity index (χ1) is 9.11. The Morgan fingerprint density at radius 3 is 3.00 bits per heavy atom. The van der Waals surface area contributed by atoms with Crippen LogP contribution in [0.25, 0.3) is 0 Å². The second-order valence-corrected chi connectivity index (χ2v) is 4.85. The van der Waals surface area contributed by atoms with Gasteiger partial charge in [0.1, 0.15) is 5.75 Å². The van der Waals surface area contributed by atoms with Crippen molar-refractivity contribution in [3.05, 3.63) is 29.8 Å². The average Bonchev–Trinajstić information content (AvgIpc) is 2.81. The van der Waals surface area contributed by atoms with Gasteiger partial charge in [0.05, 0.1) is 6.61 Å². The largest absolute Gasteiger partial charge is 0.480 e. The fourth-order valence-corrected chi connectivity index (χ4v) is 2.27. The van der Waals surface area contributed by atoms with Crippen molar-refractivity contribution >= 4 is 5.91 Å². The molecule has 1 amide bonds. The van der Waals surface area contributed by atoms with E-state index in [4.69, 9.17) is 15.2 Å². The Bertz CT molecular complexity index is 425. The number of amides is 1. The number of carbonyl (C=O) groups is 1. The molecular weight excluding hydrogens is 244 g/mol. The third kappa shape index (κ3) is 3.24. The Morgan fingerprint density at radius 2 is 2.32 bits per heavy atom. The Hall–Kier alpha value is -1.59. The summed E-state index contributed by atoms with van der Waals surface area (Å²) < 4.78 is 10.6. The van der Waals surface area contributed by atoms with Gasteiger partial charge in [-0.2, -0.15) is 0 Å². The molecular formula is C14H20N2O3. The maximum absolute atomic E-state index is 12.3. The van der Waals surface area contributed by atoms with E-state index in [2.05, 4.69) is 0 Å². The van der Waals surface area contributed by atoms with E-state index >= 15 is 0 Å². The highest BCUT2D eigenvalue weighted by molar-refractivity contribution is 5.82. The summed E-state index contributed by atoms with van der Waals surface area (Å²) in [7, 11) is 3.34. The van der Waals surface area contributed by atoms with Crippen LogP contribution >= 0.6 is 0 Å². The quantitative estimate of drug-likeness (QED) is 0.837. The van der Waals surface area contributed by atoms with Crippen LogP contribution in [0, 0.1) is 0 Å². The minimum atomic E-state index is -0.433. The third-order valence-electron chi connectivity index (χ3n) is 3.19. The van der Waals surface area contributed by atoms with E-state index in [1.165, 1.54) is 0 Å². The van der Waals surface area contributed by atoms with E-state index in [1.807, 2.05) is 24.3 Å². The Balaban J connectivity index is 1.91. The van der Waals surface area contributed by atoms with Crippen LogP contribution in [-0.4, -0.2) is 50.3 Å². The number of rotatable bonds is 5. The second kappa shape index (κ2) is 6.04. The molecule has 0 aromatic heterocycles. The van der Waals surface area contributed by atoms with Crippen molar-refractivity contribution in [1.29, 1.82) is 0 Å². The lowest BCUT2D eigenvalue weighted by molar-refractivity contribution is -0.136. The second-order valence-electron chi connectivity index (χ2n) is 4.85. The van der Waals surface area contributed by atoms with E-state index < -0.39 is 6.10 Å². The molecule has 5 nitrogen and oxygen atoms in total. The van der Waals surface area contributed by atoms with E-state index in [0.29, 0.717) is 19.6 Å². The summed E-state index contributed by atoms with van der Waals surface area (Å²) in [4.78, 5) is 13.9. The fourth-order valence-electron chi connectivity index (χ4n) is 2.27. The molecule has 0 spiro atoms. The molecule has 1 aliphatic heterocycles. The normalized spacial score (nSPS) is 18.6. The van der Waals surface area contributed by atoms with Crippen LogP contribution in [0.4, 0.5) is 0 Å². The van der Waals surface area contributed by atoms with Crippen molar-refractivity contribution in [2.75, 3.05) is 27.3 Å². The number of carbonyl (C=O) groups excluding carboxylic acids is 1. The van der Waals surface area contributed by atoms with Gasteiger partial charge in [-0.1, -0.05) is 18.2 Å². The van der Waals surface area contributed by atoms with Gasteiger partial charge in [-0.25, -0.2) is 0 Å². The number of fused-ring (bicyclic) bond motifs is 1. The predicted octanol–water partition coefficient (Wildman–Crippen LogP) is 0.422. The number of nitrogens with zero attached hydrogens (tertiary/aromatic N) is 1. The summed E-state index contributed by atoms with van der Waals surface area (Å²) in [5, 5.41) is 0. The molecule has 0 bridgehead atoms. The van der Waals surface area contributed by atoms with Crippen molar-refractivity contribution in [3.63, 3.8) is 0 Å². The van der Waals surface area contributed by atoms with Gasteiger partial charge in [-0.3, -0.25) is 4.79 Å². The number of hydrogen-bond acceptors (Lipinski definition) is 4. The van der Waals surface area contributed by atoms with Crippen LogP contribution < -0.4 is 10.5 Å². The molecule has 1 aromatic rings. The molecule has 5 heteroatoms. The number of para-hydroxylation sites is 1. The standard InChI is InChI=1S/C14H20N2O3/c1-16(8-11(15)9-18-2)14(17)13-7-10-5-3-4-6-12(10)19-13/h3-6,11,13H,7-9,15H2,1-2H3. The lowest BCUT2D eigenvalue weighted by atomic mass is 10.1. The van der Waals surface area contributed by atoms with Gasteiger partial charge in [0.15, 0.2) is 6.10 Å². The highest BCUT2D eigenvalue weighted by Gasteiger charge is 2.31. The first-order valence-corrected chi connectivity index (χ1v) is 6.36. The van der Waals surface area contributed by atoms with E-state index in [1.54, 1.807) is 19.1 Å². The van der Waals surface area contributed by atoms with Gasteiger partial charge in [-0.05, 0) is 11.6 Å². The number of hydrogen-bond donors (Lipinski definition) is 1. The van der Waals surface area contributed by atoms with Crippen molar-refractivity contribution in [2.24, 2.45) is 5.73 Å². The Kier molecular flexibility index (Phi) is 4.39. The summed E-state index contributed by atoms with van der Waals surface area (Å²) in [6, 6.07) is 7.55. The molecule has 2 N–H and O–H groups in total. The molecule has 0 saturated heterocycles. The highest BCUT2D eigenvalue weighted by atomic mass is 16.5. The van der Waals surface area contributed by atoms with Crippen molar-refractivity contribution in [2.45, 2.75) is 18.6 Å². The van der Waals surface area contributed by atoms with Gasteiger partial charge >= 0.3 is 0 Å². The monoisotopic (exact) mass is 264 g/mol. The molecule has 0 aliphatic carbocycles. The van der Waals surface area contributed by atoms with E-state index in [-0.39, 0.29) is 11.9 Å². The zero-order valence-corrected chi connectivity index (χ0v) is 11.3. The number of ether oxygens (including phenoxy) is 2. The molecule has 2 atom stereocenters. The molecule has 104 valence electrons. The summed E-state index contributed by atoms with van der Waals surface area (Å²) in [6.07, 6.45) is 0.191. The van der Waals surface area contributed by atoms with Gasteiger partial charge < -0.3 is 20.1 Å². The topological polar surface area (TPSA) is 64.8 Å². The zero-order valence-electron chi connectivity index (χ0n) is 11.3. The lowest BCUT2D eigenvalue weighted by Gasteiger charge is -2.23. The summed E-state index contributed by atoms with van der Waals surface area (Å²) in [5.74, 6) is 0.762. The number of nitrogens with two attached hydrogens (primary N) is 1. The van der Waals surface area contributed by atoms with Gasteiger partial charge in [-0.15, -0.1) is 0 Å². The van der Waals surface area contributed by atoms with Crippen molar-refractivity contribution < 1.29 is 14.3 Å². The Morgan fingerprint density at radius 1 is 1.58 bits per heavy atom. The Labute approximate surface area is 113 Å². The van der Waals surface area contributed by atoms with Crippen LogP contribution in [0.5, 0.6) is 5.75 Å². The summed E-state index contributed by atoms with van der Waals surface area (Å²) in [5.41, 5.74) is 6.93. The molecule has 1 aliphatic rings. The maximum Gasteiger partial charge on any atom is 0.263 e. The van der Waals surface area contributed by atoms with Gasteiger partial charge in [0.2, 0.25) is 0 Å². The van der Waals surface area contributed by atoms with Gasteiger partial charge in [0, 0.05) is 33.2 Å². The molecule has 0 radical (unpaired) electrons. The SMILES string of the molecule is COCC(N)CN(C)C(=O)C1Cc2ccccc2O1. The zero-order chi connectivity index (χ0) is 13.8. The lowest BCUT2D eigenvalue weighted by Crippen LogP contribution is -2.46. The van der Waals surface area contributed by atoms with Crippen LogP contribution in [0.2, 0.25) is 0 Å². The first kappa shape index (κ1) is 13.8. The minimum absolute atomic E-state index is 0.0391. The molecule has 2 unspecified atom stereocenters. The maximum atomic E-state index is 12.3. The third-order valence-corrected chi connectivity index (χ3v) is 3.19. The highest BCUT2D eigenvalue weighted by Crippen LogP contribution is 2.28. The molecule has 1 heterocycles. The average molecular weight is 264 g/mol. The number of methoxy groups -OCH3 is 1. The fraction of sp³-hybridized carbons (Fsp3) is 0.500. The molecule has 0 fully saturated rings. The predicted molar refractivity (Wildman–Crippen MR) is 72.1 cm³/mol. The smallest absolute Gasteiger partial charge is 0.263 e. The van der Waals surface area contributed by atoms with Crippen LogP contribution in [0.1, 0.15) is 5.56 Å². The number of benzene rings is 1. The van der Waals surface area contributed by atoms with Crippen molar-refractivity contribution in [1.82, 2.24) is 4.90 Å². The summed E-state index contributed by atoms with van der Waals surface area (Å²) in [6.45, 7) is 0.895. The van der Waals surface area contributed by atoms with Crippen molar-refractivity contribution in [3.8, 4) is 5.75 Å². The molecule has 19 heavy (non-hydrogen) atoms. The van der Waals surface area contributed by atoms with Crippen LogP contribution in [0.3, 0.4) is 0 Å². The molecule has 0 saturated carbocycles. The van der Waals surface area contributed by atoms with E-state index in [0.717, 1.165) is 11.3 Å². The van der Waals surface area contributed by atoms with E-state index in [9.17, 15) is 4.79 Å². The number of likely N-dealkylation sites (N-methyl/N-ethyl adjacent to an activating group) is 1.